The van der Waals surface area contributed by atoms with E-state index in [0.717, 1.165) is 20.4 Å². The van der Waals surface area contributed by atoms with Crippen LogP contribution in [-0.4, -0.2) is 11.9 Å². The number of rotatable bonds is 5. The smallest absolute Gasteiger partial charge is 0.242 e. The molecule has 0 saturated carbocycles. The van der Waals surface area contributed by atoms with Crippen molar-refractivity contribution in [2.24, 2.45) is 0 Å². The Bertz CT molecular complexity index is 585. The van der Waals surface area contributed by atoms with E-state index in [-0.39, 0.29) is 11.9 Å². The molecule has 1 aromatic heterocycles. The summed E-state index contributed by atoms with van der Waals surface area (Å²) in [4.78, 5) is 12.0. The number of carbonyl (C=O) groups is 1. The molecule has 1 heterocycles. The largest absolute Gasteiger partial charge is 0.467 e. The highest BCUT2D eigenvalue weighted by molar-refractivity contribution is 9.11. The average molecular weight is 402 g/mol. The standard InChI is InChI=1S/C14H14Br2N2O2/c1-9(14(19)17-8-11-3-2-6-20-11)18-13-7-10(15)4-5-12(13)16/h2-7,9,18H,8H2,1H3,(H,17,19). The molecule has 2 aromatic rings. The van der Waals surface area contributed by atoms with Gasteiger partial charge >= 0.3 is 0 Å². The van der Waals surface area contributed by atoms with Crippen LogP contribution in [0.5, 0.6) is 0 Å². The second-order valence-corrected chi connectivity index (χ2v) is 6.06. The van der Waals surface area contributed by atoms with Gasteiger partial charge in [0.25, 0.3) is 0 Å². The van der Waals surface area contributed by atoms with Gasteiger partial charge in [-0.3, -0.25) is 4.79 Å². The van der Waals surface area contributed by atoms with Gasteiger partial charge in [-0.2, -0.15) is 0 Å². The molecule has 1 unspecified atom stereocenters. The predicted molar refractivity (Wildman–Crippen MR) is 85.5 cm³/mol. The Hall–Kier alpha value is -1.27. The van der Waals surface area contributed by atoms with E-state index in [1.807, 2.05) is 31.2 Å². The molecule has 0 saturated heterocycles. The summed E-state index contributed by atoms with van der Waals surface area (Å²) in [6, 6.07) is 9.03. The van der Waals surface area contributed by atoms with E-state index in [9.17, 15) is 4.79 Å². The summed E-state index contributed by atoms with van der Waals surface area (Å²) in [5, 5.41) is 5.98. The SMILES string of the molecule is CC(Nc1cc(Br)ccc1Br)C(=O)NCc1ccco1. The molecule has 0 fully saturated rings. The predicted octanol–water partition coefficient (Wildman–Crippen LogP) is 3.92. The molecule has 1 amide bonds. The third kappa shape index (κ3) is 4.11. The zero-order valence-electron chi connectivity index (χ0n) is 10.8. The van der Waals surface area contributed by atoms with Crippen LogP contribution in [0.25, 0.3) is 0 Å². The number of carbonyl (C=O) groups excluding carboxylic acids is 1. The molecule has 0 spiro atoms. The fraction of sp³-hybridized carbons (Fsp3) is 0.214. The molecule has 2 rings (SSSR count). The van der Waals surface area contributed by atoms with Crippen molar-refractivity contribution in [3.05, 3.63) is 51.3 Å². The van der Waals surface area contributed by atoms with Gasteiger partial charge in [-0.25, -0.2) is 0 Å². The van der Waals surface area contributed by atoms with Gasteiger partial charge in [0.1, 0.15) is 11.8 Å². The van der Waals surface area contributed by atoms with Gasteiger partial charge in [0, 0.05) is 8.95 Å². The fourth-order valence-electron chi connectivity index (χ4n) is 1.65. The number of anilines is 1. The highest BCUT2D eigenvalue weighted by Crippen LogP contribution is 2.26. The number of hydrogen-bond acceptors (Lipinski definition) is 3. The third-order valence-corrected chi connectivity index (χ3v) is 3.90. The average Bonchev–Trinajstić information content (AvgIpc) is 2.93. The molecule has 106 valence electrons. The number of amides is 1. The molecular weight excluding hydrogens is 388 g/mol. The number of furan rings is 1. The quantitative estimate of drug-likeness (QED) is 0.798. The monoisotopic (exact) mass is 400 g/mol. The molecule has 1 atom stereocenters. The molecule has 0 aliphatic carbocycles. The maximum absolute atomic E-state index is 12.0. The second kappa shape index (κ2) is 6.95. The summed E-state index contributed by atoms with van der Waals surface area (Å²) in [6.45, 7) is 2.20. The first-order valence-electron chi connectivity index (χ1n) is 6.08. The van der Waals surface area contributed by atoms with Crippen molar-refractivity contribution in [2.75, 3.05) is 5.32 Å². The highest BCUT2D eigenvalue weighted by atomic mass is 79.9. The molecule has 20 heavy (non-hydrogen) atoms. The van der Waals surface area contributed by atoms with Gasteiger partial charge in [-0.05, 0) is 53.2 Å². The minimum absolute atomic E-state index is 0.0896. The molecule has 1 aromatic carbocycles. The summed E-state index contributed by atoms with van der Waals surface area (Å²) in [5.74, 6) is 0.641. The van der Waals surface area contributed by atoms with Crippen LogP contribution in [0.2, 0.25) is 0 Å². The van der Waals surface area contributed by atoms with Crippen LogP contribution in [-0.2, 0) is 11.3 Å². The van der Waals surface area contributed by atoms with Crippen molar-refractivity contribution in [1.82, 2.24) is 5.32 Å². The molecule has 0 aliphatic rings. The number of nitrogens with one attached hydrogen (secondary N) is 2. The summed E-state index contributed by atoms with van der Waals surface area (Å²) >= 11 is 6.85. The Balaban J connectivity index is 1.92. The third-order valence-electron chi connectivity index (χ3n) is 2.71. The first-order chi connectivity index (χ1) is 9.56. The minimum atomic E-state index is -0.351. The van der Waals surface area contributed by atoms with Crippen molar-refractivity contribution < 1.29 is 9.21 Å². The normalized spacial score (nSPS) is 11.9. The summed E-state index contributed by atoms with van der Waals surface area (Å²) < 4.78 is 7.03. The van der Waals surface area contributed by atoms with Gasteiger partial charge in [0.2, 0.25) is 5.91 Å². The van der Waals surface area contributed by atoms with Crippen LogP contribution in [0.3, 0.4) is 0 Å². The lowest BCUT2D eigenvalue weighted by Gasteiger charge is -2.16. The van der Waals surface area contributed by atoms with E-state index in [2.05, 4.69) is 42.5 Å². The molecule has 4 nitrogen and oxygen atoms in total. The van der Waals surface area contributed by atoms with Crippen molar-refractivity contribution >= 4 is 43.5 Å². The van der Waals surface area contributed by atoms with Crippen molar-refractivity contribution in [1.29, 1.82) is 0 Å². The Morgan fingerprint density at radius 1 is 1.35 bits per heavy atom. The van der Waals surface area contributed by atoms with Crippen LogP contribution in [0.4, 0.5) is 5.69 Å². The Labute approximate surface area is 134 Å². The zero-order chi connectivity index (χ0) is 14.5. The van der Waals surface area contributed by atoms with Gasteiger partial charge < -0.3 is 15.1 Å². The lowest BCUT2D eigenvalue weighted by Crippen LogP contribution is -2.37. The summed E-state index contributed by atoms with van der Waals surface area (Å²) in [5.41, 5.74) is 0.861. The van der Waals surface area contributed by atoms with Crippen LogP contribution < -0.4 is 10.6 Å². The zero-order valence-corrected chi connectivity index (χ0v) is 14.0. The van der Waals surface area contributed by atoms with E-state index in [1.54, 1.807) is 12.3 Å². The number of benzene rings is 1. The van der Waals surface area contributed by atoms with Gasteiger partial charge in [-0.15, -0.1) is 0 Å². The first kappa shape index (κ1) is 15.1. The Morgan fingerprint density at radius 2 is 2.15 bits per heavy atom. The van der Waals surface area contributed by atoms with Crippen LogP contribution in [0, 0.1) is 0 Å². The van der Waals surface area contributed by atoms with Gasteiger partial charge in [-0.1, -0.05) is 15.9 Å². The van der Waals surface area contributed by atoms with E-state index in [4.69, 9.17) is 4.42 Å². The first-order valence-corrected chi connectivity index (χ1v) is 7.66. The fourth-order valence-corrected chi connectivity index (χ4v) is 2.37. The molecule has 0 aliphatic heterocycles. The molecule has 0 bridgehead atoms. The number of halogens is 2. The lowest BCUT2D eigenvalue weighted by molar-refractivity contribution is -0.121. The second-order valence-electron chi connectivity index (χ2n) is 4.29. The van der Waals surface area contributed by atoms with Crippen molar-refractivity contribution in [3.63, 3.8) is 0 Å². The summed E-state index contributed by atoms with van der Waals surface area (Å²) in [6.07, 6.45) is 1.59. The minimum Gasteiger partial charge on any atom is -0.467 e. The topological polar surface area (TPSA) is 54.3 Å². The van der Waals surface area contributed by atoms with E-state index in [0.29, 0.717) is 6.54 Å². The van der Waals surface area contributed by atoms with Crippen molar-refractivity contribution in [3.8, 4) is 0 Å². The molecule has 0 radical (unpaired) electrons. The maximum Gasteiger partial charge on any atom is 0.242 e. The highest BCUT2D eigenvalue weighted by Gasteiger charge is 2.14. The van der Waals surface area contributed by atoms with E-state index >= 15 is 0 Å². The van der Waals surface area contributed by atoms with Crippen molar-refractivity contribution in [2.45, 2.75) is 19.5 Å². The Morgan fingerprint density at radius 3 is 2.85 bits per heavy atom. The van der Waals surface area contributed by atoms with Crippen LogP contribution in [0.1, 0.15) is 12.7 Å². The van der Waals surface area contributed by atoms with E-state index < -0.39 is 0 Å². The van der Waals surface area contributed by atoms with Gasteiger partial charge in [0.15, 0.2) is 0 Å². The molecule has 6 heteroatoms. The van der Waals surface area contributed by atoms with E-state index in [1.165, 1.54) is 0 Å². The Kier molecular flexibility index (Phi) is 5.25. The maximum atomic E-state index is 12.0. The van der Waals surface area contributed by atoms with Crippen LogP contribution in [0.15, 0.2) is 50.0 Å². The number of hydrogen-bond donors (Lipinski definition) is 2. The summed E-state index contributed by atoms with van der Waals surface area (Å²) in [7, 11) is 0. The molecular formula is C14H14Br2N2O2. The lowest BCUT2D eigenvalue weighted by atomic mass is 10.2. The van der Waals surface area contributed by atoms with Gasteiger partial charge in [0.05, 0.1) is 18.5 Å². The molecule has 2 N–H and O–H groups in total. The van der Waals surface area contributed by atoms with Crippen LogP contribution >= 0.6 is 31.9 Å².